The Morgan fingerprint density at radius 3 is 2.52 bits per heavy atom. The molecule has 3 aromatic carbocycles. The summed E-state index contributed by atoms with van der Waals surface area (Å²) in [6.45, 7) is 0.0879. The molecule has 0 atom stereocenters. The Balaban J connectivity index is 1.65. The van der Waals surface area contributed by atoms with E-state index in [1.54, 1.807) is 54.6 Å². The molecule has 6 nitrogen and oxygen atoms in total. The fraction of sp³-hybridized carbons (Fsp3) is 0.0833. The van der Waals surface area contributed by atoms with Gasteiger partial charge in [0.25, 0.3) is 11.8 Å². The van der Waals surface area contributed by atoms with Gasteiger partial charge in [-0.25, -0.2) is 9.40 Å². The fourth-order valence-electron chi connectivity index (χ4n) is 3.22. The lowest BCUT2D eigenvalue weighted by atomic mass is 10.1. The Morgan fingerprint density at radius 1 is 1.00 bits per heavy atom. The summed E-state index contributed by atoms with van der Waals surface area (Å²) >= 11 is 0. The zero-order chi connectivity index (χ0) is 21.8. The molecular weight excluding hydrogens is 399 g/mol. The molecule has 156 valence electrons. The van der Waals surface area contributed by atoms with Crippen LogP contribution in [0.5, 0.6) is 11.5 Å². The molecule has 1 aliphatic rings. The molecule has 0 aromatic heterocycles. The van der Waals surface area contributed by atoms with E-state index < -0.39 is 11.8 Å². The maximum absolute atomic E-state index is 13.5. The van der Waals surface area contributed by atoms with Crippen LogP contribution in [0.25, 0.3) is 6.08 Å². The van der Waals surface area contributed by atoms with E-state index in [1.165, 1.54) is 30.3 Å². The van der Waals surface area contributed by atoms with Crippen LogP contribution in [0.4, 0.5) is 10.1 Å². The van der Waals surface area contributed by atoms with Crippen LogP contribution in [0.15, 0.2) is 78.4 Å². The lowest BCUT2D eigenvalue weighted by molar-refractivity contribution is -0.117. The van der Waals surface area contributed by atoms with Gasteiger partial charge in [0.1, 0.15) is 18.0 Å². The highest BCUT2D eigenvalue weighted by atomic mass is 19.1. The number of amides is 2. The zero-order valence-corrected chi connectivity index (χ0v) is 16.7. The molecule has 1 saturated heterocycles. The zero-order valence-electron chi connectivity index (χ0n) is 16.7. The topological polar surface area (TPSA) is 67.9 Å². The van der Waals surface area contributed by atoms with Crippen LogP contribution < -0.4 is 19.9 Å². The van der Waals surface area contributed by atoms with Gasteiger partial charge in [0.2, 0.25) is 0 Å². The van der Waals surface area contributed by atoms with Gasteiger partial charge in [-0.05, 0) is 42.0 Å². The molecule has 0 saturated carbocycles. The highest BCUT2D eigenvalue weighted by Crippen LogP contribution is 2.34. The highest BCUT2D eigenvalue weighted by Gasteiger charge is 2.34. The Morgan fingerprint density at radius 2 is 1.77 bits per heavy atom. The van der Waals surface area contributed by atoms with E-state index in [0.29, 0.717) is 28.3 Å². The number of hydrazine groups is 1. The number of carbonyl (C=O) groups is 2. The summed E-state index contributed by atoms with van der Waals surface area (Å²) in [5.74, 6) is -0.586. The third kappa shape index (κ3) is 4.25. The summed E-state index contributed by atoms with van der Waals surface area (Å²) in [5.41, 5.74) is 4.21. The van der Waals surface area contributed by atoms with Crippen LogP contribution in [0.3, 0.4) is 0 Å². The lowest BCUT2D eigenvalue weighted by Crippen LogP contribution is -2.35. The van der Waals surface area contributed by atoms with E-state index >= 15 is 0 Å². The molecule has 0 radical (unpaired) electrons. The van der Waals surface area contributed by atoms with E-state index in [-0.39, 0.29) is 18.0 Å². The molecule has 0 aliphatic carbocycles. The molecule has 1 fully saturated rings. The lowest BCUT2D eigenvalue weighted by Gasteiger charge is -2.14. The minimum Gasteiger partial charge on any atom is -0.493 e. The van der Waals surface area contributed by atoms with Crippen LogP contribution in [-0.4, -0.2) is 18.9 Å². The van der Waals surface area contributed by atoms with Crippen molar-refractivity contribution in [3.05, 3.63) is 95.3 Å². The first-order chi connectivity index (χ1) is 15.1. The van der Waals surface area contributed by atoms with Crippen molar-refractivity contribution >= 4 is 23.6 Å². The smallest absolute Gasteiger partial charge is 0.282 e. The predicted molar refractivity (Wildman–Crippen MR) is 114 cm³/mol. The number of methoxy groups -OCH3 is 1. The maximum atomic E-state index is 13.5. The van der Waals surface area contributed by atoms with Gasteiger partial charge in [0.15, 0.2) is 11.5 Å². The van der Waals surface area contributed by atoms with Crippen LogP contribution in [0.1, 0.15) is 11.1 Å². The average Bonchev–Trinajstić information content (AvgIpc) is 3.07. The number of nitrogens with zero attached hydrogens (tertiary/aromatic N) is 1. The molecule has 0 bridgehead atoms. The molecule has 1 heterocycles. The second-order valence-corrected chi connectivity index (χ2v) is 6.77. The Labute approximate surface area is 178 Å². The highest BCUT2D eigenvalue weighted by molar-refractivity contribution is 6.31. The van der Waals surface area contributed by atoms with Gasteiger partial charge in [-0.2, -0.15) is 0 Å². The van der Waals surface area contributed by atoms with E-state index in [2.05, 4.69) is 5.43 Å². The minimum absolute atomic E-state index is 0.0345. The maximum Gasteiger partial charge on any atom is 0.282 e. The molecule has 3 aromatic rings. The summed E-state index contributed by atoms with van der Waals surface area (Å²) < 4.78 is 24.8. The molecule has 7 heteroatoms. The standard InChI is InChI=1S/C24H19FN2O4/c1-30-21-12-6-8-17(22(21)31-15-16-7-5-9-18(25)13-16)14-20-23(28)26-27(24(20)29)19-10-3-2-4-11-19/h2-14H,15H2,1H3,(H,26,28). The second-order valence-electron chi connectivity index (χ2n) is 6.77. The number of hydrogen-bond donors (Lipinski definition) is 1. The van der Waals surface area contributed by atoms with Crippen molar-refractivity contribution in [2.75, 3.05) is 12.1 Å². The summed E-state index contributed by atoms with van der Waals surface area (Å²) in [6, 6.07) is 20.0. The SMILES string of the molecule is COc1cccc(C=C2C(=O)NN(c3ccccc3)C2=O)c1OCc1cccc(F)c1. The van der Waals surface area contributed by atoms with Crippen molar-refractivity contribution in [3.63, 3.8) is 0 Å². The van der Waals surface area contributed by atoms with Crippen molar-refractivity contribution in [3.8, 4) is 11.5 Å². The largest absolute Gasteiger partial charge is 0.493 e. The van der Waals surface area contributed by atoms with Gasteiger partial charge < -0.3 is 9.47 Å². The van der Waals surface area contributed by atoms with Gasteiger partial charge in [-0.15, -0.1) is 0 Å². The third-order valence-electron chi connectivity index (χ3n) is 4.71. The normalized spacial score (nSPS) is 14.6. The van der Waals surface area contributed by atoms with E-state index in [0.717, 1.165) is 0 Å². The summed E-state index contributed by atoms with van der Waals surface area (Å²) in [6.07, 6.45) is 1.46. The number of rotatable bonds is 6. The molecule has 1 N–H and O–H groups in total. The number of para-hydroxylation sites is 2. The first-order valence-corrected chi connectivity index (χ1v) is 9.53. The van der Waals surface area contributed by atoms with Crippen LogP contribution in [0.2, 0.25) is 0 Å². The Kier molecular flexibility index (Phi) is 5.66. The van der Waals surface area contributed by atoms with Gasteiger partial charge in [-0.1, -0.05) is 42.5 Å². The first kappa shape index (κ1) is 20.2. The third-order valence-corrected chi connectivity index (χ3v) is 4.71. The fourth-order valence-corrected chi connectivity index (χ4v) is 3.22. The van der Waals surface area contributed by atoms with Crippen molar-refractivity contribution in [1.82, 2.24) is 5.43 Å². The van der Waals surface area contributed by atoms with Crippen LogP contribution in [0, 0.1) is 5.82 Å². The summed E-state index contributed by atoms with van der Waals surface area (Å²) in [5, 5.41) is 1.20. The number of ether oxygens (including phenoxy) is 2. The Bertz CT molecular complexity index is 1160. The van der Waals surface area contributed by atoms with Gasteiger partial charge in [0.05, 0.1) is 12.8 Å². The van der Waals surface area contributed by atoms with E-state index in [1.807, 2.05) is 6.07 Å². The first-order valence-electron chi connectivity index (χ1n) is 9.53. The van der Waals surface area contributed by atoms with Crippen LogP contribution in [-0.2, 0) is 16.2 Å². The molecule has 1 aliphatic heterocycles. The molecule has 31 heavy (non-hydrogen) atoms. The second kappa shape index (κ2) is 8.71. The van der Waals surface area contributed by atoms with Gasteiger partial charge >= 0.3 is 0 Å². The van der Waals surface area contributed by atoms with Crippen molar-refractivity contribution in [1.29, 1.82) is 0 Å². The number of nitrogens with one attached hydrogen (secondary N) is 1. The minimum atomic E-state index is -0.521. The van der Waals surface area contributed by atoms with Gasteiger partial charge in [-0.3, -0.25) is 15.0 Å². The van der Waals surface area contributed by atoms with Crippen molar-refractivity contribution < 1.29 is 23.5 Å². The summed E-state index contributed by atoms with van der Waals surface area (Å²) in [7, 11) is 1.49. The van der Waals surface area contributed by atoms with E-state index in [9.17, 15) is 14.0 Å². The molecule has 0 spiro atoms. The molecule has 2 amide bonds. The average molecular weight is 418 g/mol. The predicted octanol–water partition coefficient (Wildman–Crippen LogP) is 3.87. The molecular formula is C24H19FN2O4. The number of carbonyl (C=O) groups excluding carboxylic acids is 2. The van der Waals surface area contributed by atoms with Crippen LogP contribution >= 0.6 is 0 Å². The number of halogens is 1. The monoisotopic (exact) mass is 418 g/mol. The van der Waals surface area contributed by atoms with Crippen molar-refractivity contribution in [2.45, 2.75) is 6.61 Å². The number of anilines is 1. The Hall–Kier alpha value is -4.13. The van der Waals surface area contributed by atoms with Gasteiger partial charge in [0, 0.05) is 5.56 Å². The summed E-state index contributed by atoms with van der Waals surface area (Å²) in [4.78, 5) is 25.4. The van der Waals surface area contributed by atoms with E-state index in [4.69, 9.17) is 9.47 Å². The van der Waals surface area contributed by atoms with Crippen molar-refractivity contribution in [2.24, 2.45) is 0 Å². The number of hydrogen-bond acceptors (Lipinski definition) is 4. The number of benzene rings is 3. The quantitative estimate of drug-likeness (QED) is 0.487. The molecule has 0 unspecified atom stereocenters. The molecule has 4 rings (SSSR count).